The van der Waals surface area contributed by atoms with Crippen LogP contribution in [-0.4, -0.2) is 41.1 Å². The molecule has 3 N–H and O–H groups in total. The molecular weight excluding hydrogens is 386 g/mol. The van der Waals surface area contributed by atoms with E-state index in [1.54, 1.807) is 7.05 Å². The average Bonchev–Trinajstić information content (AvgIpc) is 2.72. The Kier molecular flexibility index (Phi) is 6.66. The van der Waals surface area contributed by atoms with Gasteiger partial charge in [0, 0.05) is 18.1 Å². The quantitative estimate of drug-likeness (QED) is 0.410. The van der Waals surface area contributed by atoms with Crippen molar-refractivity contribution < 1.29 is 9.59 Å². The number of anilines is 2. The first-order valence-electron chi connectivity index (χ1n) is 9.18. The molecule has 0 aliphatic rings. The number of aryl methyl sites for hydroxylation is 2. The molecule has 8 heteroatoms. The van der Waals surface area contributed by atoms with E-state index in [2.05, 4.69) is 25.9 Å². The fraction of sp³-hybridized carbons (Fsp3) is 0.238. The number of amides is 2. The molecule has 0 aliphatic heterocycles. The van der Waals surface area contributed by atoms with Gasteiger partial charge in [-0.1, -0.05) is 42.1 Å². The fourth-order valence-corrected chi connectivity index (χ4v) is 3.55. The van der Waals surface area contributed by atoms with Crippen LogP contribution in [0.2, 0.25) is 0 Å². The number of aromatic nitrogens is 2. The summed E-state index contributed by atoms with van der Waals surface area (Å²) < 4.78 is 0. The standard InChI is InChI=1S/C21H23N5O2S/c1-13-7-6-8-14(2)19(13)25-17(27)11-23-18(28)12-29-21-24-16-10-5-4-9-15(16)20(22-3)26-21/h4-10H,11-12H2,1-3H3,(H,23,28)(H,25,27)(H,22,24,26). The highest BCUT2D eigenvalue weighted by molar-refractivity contribution is 7.99. The third-order valence-electron chi connectivity index (χ3n) is 4.34. The average molecular weight is 410 g/mol. The number of thioether (sulfide) groups is 1. The maximum absolute atomic E-state index is 12.2. The van der Waals surface area contributed by atoms with Crippen LogP contribution in [0.5, 0.6) is 0 Å². The second-order valence-electron chi connectivity index (χ2n) is 6.50. The molecule has 3 rings (SSSR count). The molecule has 2 amide bonds. The number of hydrogen-bond donors (Lipinski definition) is 3. The van der Waals surface area contributed by atoms with Crippen LogP contribution in [0, 0.1) is 13.8 Å². The smallest absolute Gasteiger partial charge is 0.243 e. The van der Waals surface area contributed by atoms with Crippen LogP contribution in [0.4, 0.5) is 11.5 Å². The molecule has 0 unspecified atom stereocenters. The lowest BCUT2D eigenvalue weighted by Gasteiger charge is -2.12. The van der Waals surface area contributed by atoms with Crippen molar-refractivity contribution in [3.8, 4) is 0 Å². The molecule has 150 valence electrons. The van der Waals surface area contributed by atoms with Crippen LogP contribution < -0.4 is 16.0 Å². The molecule has 1 aromatic heterocycles. The zero-order valence-corrected chi connectivity index (χ0v) is 17.4. The summed E-state index contributed by atoms with van der Waals surface area (Å²) in [6.07, 6.45) is 0. The summed E-state index contributed by atoms with van der Waals surface area (Å²) in [4.78, 5) is 33.2. The molecule has 0 fully saturated rings. The normalized spacial score (nSPS) is 10.6. The maximum Gasteiger partial charge on any atom is 0.243 e. The minimum absolute atomic E-state index is 0.0898. The molecule has 0 spiro atoms. The van der Waals surface area contributed by atoms with Crippen molar-refractivity contribution in [1.29, 1.82) is 0 Å². The van der Waals surface area contributed by atoms with Crippen molar-refractivity contribution in [1.82, 2.24) is 15.3 Å². The number of carbonyl (C=O) groups is 2. The Morgan fingerprint density at radius 2 is 1.69 bits per heavy atom. The van der Waals surface area contributed by atoms with Crippen molar-refractivity contribution in [3.63, 3.8) is 0 Å². The zero-order chi connectivity index (χ0) is 20.8. The van der Waals surface area contributed by atoms with E-state index < -0.39 is 0 Å². The van der Waals surface area contributed by atoms with Crippen molar-refractivity contribution >= 4 is 46.0 Å². The van der Waals surface area contributed by atoms with Gasteiger partial charge in [-0.3, -0.25) is 9.59 Å². The van der Waals surface area contributed by atoms with Gasteiger partial charge in [0.25, 0.3) is 0 Å². The van der Waals surface area contributed by atoms with E-state index in [0.717, 1.165) is 27.7 Å². The van der Waals surface area contributed by atoms with Crippen molar-refractivity contribution in [2.24, 2.45) is 0 Å². The maximum atomic E-state index is 12.2. The topological polar surface area (TPSA) is 96.0 Å². The number of fused-ring (bicyclic) bond motifs is 1. The number of rotatable bonds is 7. The highest BCUT2D eigenvalue weighted by atomic mass is 32.2. The van der Waals surface area contributed by atoms with E-state index in [4.69, 9.17) is 0 Å². The van der Waals surface area contributed by atoms with Crippen molar-refractivity contribution in [2.45, 2.75) is 19.0 Å². The van der Waals surface area contributed by atoms with E-state index in [1.165, 1.54) is 11.8 Å². The third-order valence-corrected chi connectivity index (χ3v) is 5.19. The summed E-state index contributed by atoms with van der Waals surface area (Å²) in [6.45, 7) is 3.77. The first-order chi connectivity index (χ1) is 14.0. The molecule has 1 heterocycles. The van der Waals surface area contributed by atoms with E-state index >= 15 is 0 Å². The molecule has 3 aromatic rings. The number of nitrogens with one attached hydrogen (secondary N) is 3. The largest absolute Gasteiger partial charge is 0.372 e. The second-order valence-corrected chi connectivity index (χ2v) is 7.44. The number of hydrogen-bond acceptors (Lipinski definition) is 6. The molecule has 0 radical (unpaired) electrons. The first-order valence-corrected chi connectivity index (χ1v) is 10.2. The second kappa shape index (κ2) is 9.38. The minimum atomic E-state index is -0.264. The lowest BCUT2D eigenvalue weighted by atomic mass is 10.1. The molecule has 0 bridgehead atoms. The number of carbonyl (C=O) groups excluding carboxylic acids is 2. The molecule has 0 atom stereocenters. The molecule has 0 saturated carbocycles. The predicted molar refractivity (Wildman–Crippen MR) is 117 cm³/mol. The monoisotopic (exact) mass is 409 g/mol. The minimum Gasteiger partial charge on any atom is -0.372 e. The number of nitrogens with zero attached hydrogens (tertiary/aromatic N) is 2. The highest BCUT2D eigenvalue weighted by Crippen LogP contribution is 2.24. The van der Waals surface area contributed by atoms with Gasteiger partial charge in [0.2, 0.25) is 11.8 Å². The zero-order valence-electron chi connectivity index (χ0n) is 16.6. The predicted octanol–water partition coefficient (Wildman–Crippen LogP) is 3.14. The van der Waals surface area contributed by atoms with Crippen LogP contribution in [0.15, 0.2) is 47.6 Å². The summed E-state index contributed by atoms with van der Waals surface area (Å²) in [5.74, 6) is 0.319. The molecule has 29 heavy (non-hydrogen) atoms. The number of para-hydroxylation sites is 2. The van der Waals surface area contributed by atoms with Crippen LogP contribution in [0.1, 0.15) is 11.1 Å². The first kappa shape index (κ1) is 20.6. The Balaban J connectivity index is 1.54. The lowest BCUT2D eigenvalue weighted by Crippen LogP contribution is -2.34. The Morgan fingerprint density at radius 3 is 2.41 bits per heavy atom. The van der Waals surface area contributed by atoms with Gasteiger partial charge in [-0.15, -0.1) is 0 Å². The van der Waals surface area contributed by atoms with Gasteiger partial charge < -0.3 is 16.0 Å². The van der Waals surface area contributed by atoms with Gasteiger partial charge in [-0.2, -0.15) is 0 Å². The van der Waals surface area contributed by atoms with Crippen LogP contribution in [0.3, 0.4) is 0 Å². The van der Waals surface area contributed by atoms with Gasteiger partial charge in [0.15, 0.2) is 5.16 Å². The van der Waals surface area contributed by atoms with Crippen LogP contribution in [-0.2, 0) is 9.59 Å². The van der Waals surface area contributed by atoms with Gasteiger partial charge >= 0.3 is 0 Å². The van der Waals surface area contributed by atoms with Crippen LogP contribution in [0.25, 0.3) is 10.9 Å². The van der Waals surface area contributed by atoms with E-state index in [9.17, 15) is 9.59 Å². The SMILES string of the molecule is CNc1nc(SCC(=O)NCC(=O)Nc2c(C)cccc2C)nc2ccccc12. The van der Waals surface area contributed by atoms with Crippen molar-refractivity contribution in [2.75, 3.05) is 30.0 Å². The van der Waals surface area contributed by atoms with Gasteiger partial charge in [0.1, 0.15) is 5.82 Å². The molecule has 0 aliphatic carbocycles. The summed E-state index contributed by atoms with van der Waals surface area (Å²) in [7, 11) is 1.80. The summed E-state index contributed by atoms with van der Waals surface area (Å²) >= 11 is 1.23. The molecular formula is C21H23N5O2S. The van der Waals surface area contributed by atoms with Gasteiger partial charge in [-0.25, -0.2) is 9.97 Å². The Bertz CT molecular complexity index is 1030. The van der Waals surface area contributed by atoms with E-state index in [-0.39, 0.29) is 24.1 Å². The van der Waals surface area contributed by atoms with Gasteiger partial charge in [-0.05, 0) is 37.1 Å². The Hall–Kier alpha value is -3.13. The summed E-state index contributed by atoms with van der Waals surface area (Å²) in [6, 6.07) is 13.5. The molecule has 0 saturated heterocycles. The van der Waals surface area contributed by atoms with Crippen LogP contribution >= 0.6 is 11.8 Å². The van der Waals surface area contributed by atoms with Crippen molar-refractivity contribution in [3.05, 3.63) is 53.6 Å². The summed E-state index contributed by atoms with van der Waals surface area (Å²) in [5, 5.41) is 9.96. The molecule has 7 nitrogen and oxygen atoms in total. The van der Waals surface area contributed by atoms with Gasteiger partial charge in [0.05, 0.1) is 17.8 Å². The lowest BCUT2D eigenvalue weighted by molar-refractivity contribution is -0.122. The number of benzene rings is 2. The Labute approximate surface area is 173 Å². The highest BCUT2D eigenvalue weighted by Gasteiger charge is 2.11. The summed E-state index contributed by atoms with van der Waals surface area (Å²) in [5.41, 5.74) is 3.55. The fourth-order valence-electron chi connectivity index (χ4n) is 2.87. The Morgan fingerprint density at radius 1 is 0.966 bits per heavy atom. The third kappa shape index (κ3) is 5.23. The van der Waals surface area contributed by atoms with E-state index in [1.807, 2.05) is 56.3 Å². The molecule has 2 aromatic carbocycles. The van der Waals surface area contributed by atoms with E-state index in [0.29, 0.717) is 11.0 Å².